The molecule has 0 aliphatic heterocycles. The maximum Gasteiger partial charge on any atom is 0.0949 e. The van der Waals surface area contributed by atoms with E-state index in [1.54, 1.807) is 13.1 Å². The molecular formula is C13H16N4. The summed E-state index contributed by atoms with van der Waals surface area (Å²) in [6, 6.07) is 8.35. The third kappa shape index (κ3) is 3.45. The fraction of sp³-hybridized carbons (Fsp3) is 0.231. The van der Waals surface area contributed by atoms with Gasteiger partial charge in [-0.3, -0.25) is 5.41 Å². The van der Waals surface area contributed by atoms with Crippen LogP contribution in [0.1, 0.15) is 18.1 Å². The van der Waals surface area contributed by atoms with Crippen LogP contribution < -0.4 is 5.32 Å². The van der Waals surface area contributed by atoms with Crippen molar-refractivity contribution in [3.8, 4) is 0 Å². The van der Waals surface area contributed by atoms with Gasteiger partial charge in [-0.25, -0.2) is 4.98 Å². The Labute approximate surface area is 101 Å². The number of benzene rings is 1. The summed E-state index contributed by atoms with van der Waals surface area (Å²) in [6.07, 6.45) is 5.54. The summed E-state index contributed by atoms with van der Waals surface area (Å²) < 4.78 is 2.04. The SMILES string of the molecule is CC(=N)NCc1cccc(Cn2ccnc2)c1. The lowest BCUT2D eigenvalue weighted by Gasteiger charge is -2.07. The molecule has 0 aliphatic rings. The van der Waals surface area contributed by atoms with Crippen molar-refractivity contribution in [3.05, 3.63) is 54.1 Å². The van der Waals surface area contributed by atoms with E-state index >= 15 is 0 Å². The Morgan fingerprint density at radius 3 is 2.94 bits per heavy atom. The molecular weight excluding hydrogens is 212 g/mol. The van der Waals surface area contributed by atoms with Crippen LogP contribution in [0.3, 0.4) is 0 Å². The molecule has 88 valence electrons. The summed E-state index contributed by atoms with van der Waals surface area (Å²) in [5, 5.41) is 10.3. The van der Waals surface area contributed by atoms with Crippen molar-refractivity contribution in [2.75, 3.05) is 0 Å². The summed E-state index contributed by atoms with van der Waals surface area (Å²) >= 11 is 0. The number of hydrogen-bond acceptors (Lipinski definition) is 2. The molecule has 1 aromatic heterocycles. The highest BCUT2D eigenvalue weighted by atomic mass is 15.0. The Balaban J connectivity index is 2.03. The van der Waals surface area contributed by atoms with Crippen molar-refractivity contribution >= 4 is 5.84 Å². The predicted molar refractivity (Wildman–Crippen MR) is 68.0 cm³/mol. The Kier molecular flexibility index (Phi) is 3.55. The zero-order chi connectivity index (χ0) is 12.1. The average molecular weight is 228 g/mol. The number of amidine groups is 1. The smallest absolute Gasteiger partial charge is 0.0949 e. The van der Waals surface area contributed by atoms with Gasteiger partial charge < -0.3 is 9.88 Å². The quantitative estimate of drug-likeness (QED) is 0.621. The van der Waals surface area contributed by atoms with Crippen LogP contribution in [-0.2, 0) is 13.1 Å². The van der Waals surface area contributed by atoms with E-state index in [9.17, 15) is 0 Å². The first-order valence-electron chi connectivity index (χ1n) is 5.56. The van der Waals surface area contributed by atoms with Gasteiger partial charge in [0, 0.05) is 25.5 Å². The van der Waals surface area contributed by atoms with Gasteiger partial charge in [-0.05, 0) is 18.1 Å². The van der Waals surface area contributed by atoms with Crippen LogP contribution >= 0.6 is 0 Å². The third-order valence-electron chi connectivity index (χ3n) is 2.47. The van der Waals surface area contributed by atoms with E-state index in [4.69, 9.17) is 5.41 Å². The van der Waals surface area contributed by atoms with Crippen molar-refractivity contribution in [1.82, 2.24) is 14.9 Å². The van der Waals surface area contributed by atoms with Gasteiger partial charge in [-0.2, -0.15) is 0 Å². The maximum absolute atomic E-state index is 7.33. The van der Waals surface area contributed by atoms with Gasteiger partial charge in [0.1, 0.15) is 0 Å². The van der Waals surface area contributed by atoms with Crippen LogP contribution in [0, 0.1) is 5.41 Å². The first-order valence-corrected chi connectivity index (χ1v) is 5.56. The van der Waals surface area contributed by atoms with Crippen LogP contribution in [0.2, 0.25) is 0 Å². The van der Waals surface area contributed by atoms with E-state index in [0.717, 1.165) is 6.54 Å². The molecule has 0 saturated carbocycles. The largest absolute Gasteiger partial charge is 0.370 e. The summed E-state index contributed by atoms with van der Waals surface area (Å²) in [5.74, 6) is 0.491. The van der Waals surface area contributed by atoms with E-state index in [1.807, 2.05) is 23.2 Å². The second-order valence-corrected chi connectivity index (χ2v) is 4.03. The summed E-state index contributed by atoms with van der Waals surface area (Å²) in [7, 11) is 0. The molecule has 1 aromatic carbocycles. The molecule has 0 unspecified atom stereocenters. The minimum absolute atomic E-state index is 0.491. The van der Waals surface area contributed by atoms with Crippen LogP contribution in [0.5, 0.6) is 0 Å². The van der Waals surface area contributed by atoms with Crippen molar-refractivity contribution < 1.29 is 0 Å². The Morgan fingerprint density at radius 1 is 1.41 bits per heavy atom. The fourth-order valence-electron chi connectivity index (χ4n) is 1.66. The number of nitrogens with zero attached hydrogens (tertiary/aromatic N) is 2. The topological polar surface area (TPSA) is 53.7 Å². The summed E-state index contributed by atoms with van der Waals surface area (Å²) in [6.45, 7) is 3.28. The molecule has 2 N–H and O–H groups in total. The number of rotatable bonds is 4. The number of hydrogen-bond donors (Lipinski definition) is 2. The minimum atomic E-state index is 0.491. The maximum atomic E-state index is 7.33. The van der Waals surface area contributed by atoms with E-state index in [2.05, 4.69) is 28.5 Å². The van der Waals surface area contributed by atoms with Crippen molar-refractivity contribution in [1.29, 1.82) is 5.41 Å². The predicted octanol–water partition coefficient (Wildman–Crippen LogP) is 2.02. The second-order valence-electron chi connectivity index (χ2n) is 4.03. The lowest BCUT2D eigenvalue weighted by Crippen LogP contribution is -2.18. The monoisotopic (exact) mass is 228 g/mol. The molecule has 2 aromatic rings. The van der Waals surface area contributed by atoms with Crippen LogP contribution in [0.4, 0.5) is 0 Å². The fourth-order valence-corrected chi connectivity index (χ4v) is 1.66. The van der Waals surface area contributed by atoms with Gasteiger partial charge in [-0.1, -0.05) is 24.3 Å². The molecule has 0 amide bonds. The minimum Gasteiger partial charge on any atom is -0.370 e. The molecule has 4 nitrogen and oxygen atoms in total. The van der Waals surface area contributed by atoms with Crippen molar-refractivity contribution in [3.63, 3.8) is 0 Å². The molecule has 0 spiro atoms. The highest BCUT2D eigenvalue weighted by Gasteiger charge is 1.97. The van der Waals surface area contributed by atoms with Crippen molar-refractivity contribution in [2.45, 2.75) is 20.0 Å². The highest BCUT2D eigenvalue weighted by Crippen LogP contribution is 2.07. The number of imidazole rings is 1. The first-order chi connectivity index (χ1) is 8.24. The zero-order valence-corrected chi connectivity index (χ0v) is 9.85. The van der Waals surface area contributed by atoms with Gasteiger partial charge in [-0.15, -0.1) is 0 Å². The van der Waals surface area contributed by atoms with E-state index in [1.165, 1.54) is 11.1 Å². The van der Waals surface area contributed by atoms with Gasteiger partial charge in [0.05, 0.1) is 12.2 Å². The Hall–Kier alpha value is -2.10. The van der Waals surface area contributed by atoms with E-state index in [-0.39, 0.29) is 0 Å². The summed E-state index contributed by atoms with van der Waals surface area (Å²) in [4.78, 5) is 4.02. The molecule has 0 atom stereocenters. The zero-order valence-electron chi connectivity index (χ0n) is 9.85. The average Bonchev–Trinajstić information content (AvgIpc) is 2.80. The molecule has 0 aliphatic carbocycles. The lowest BCUT2D eigenvalue weighted by atomic mass is 10.1. The van der Waals surface area contributed by atoms with Gasteiger partial charge in [0.25, 0.3) is 0 Å². The Morgan fingerprint density at radius 2 is 2.24 bits per heavy atom. The molecule has 17 heavy (non-hydrogen) atoms. The molecule has 0 saturated heterocycles. The van der Waals surface area contributed by atoms with Crippen LogP contribution in [0.25, 0.3) is 0 Å². The van der Waals surface area contributed by atoms with Gasteiger partial charge >= 0.3 is 0 Å². The highest BCUT2D eigenvalue weighted by molar-refractivity contribution is 5.75. The number of aromatic nitrogens is 2. The van der Waals surface area contributed by atoms with Gasteiger partial charge in [0.2, 0.25) is 0 Å². The van der Waals surface area contributed by atoms with Crippen LogP contribution in [0.15, 0.2) is 43.0 Å². The van der Waals surface area contributed by atoms with Crippen LogP contribution in [-0.4, -0.2) is 15.4 Å². The lowest BCUT2D eigenvalue weighted by molar-refractivity contribution is 0.793. The van der Waals surface area contributed by atoms with Gasteiger partial charge in [0.15, 0.2) is 0 Å². The standard InChI is InChI=1S/C13H16N4/c1-11(14)16-8-12-3-2-4-13(7-12)9-17-6-5-15-10-17/h2-7,10H,8-9H2,1H3,(H2,14,16). The molecule has 4 heteroatoms. The van der Waals surface area contributed by atoms with Crippen molar-refractivity contribution in [2.24, 2.45) is 0 Å². The summed E-state index contributed by atoms with van der Waals surface area (Å²) in [5.41, 5.74) is 2.43. The van der Waals surface area contributed by atoms with E-state index < -0.39 is 0 Å². The third-order valence-corrected chi connectivity index (χ3v) is 2.47. The first kappa shape index (κ1) is 11.4. The molecule has 0 fully saturated rings. The molecule has 0 radical (unpaired) electrons. The molecule has 1 heterocycles. The van der Waals surface area contributed by atoms with E-state index in [0.29, 0.717) is 12.4 Å². The Bertz CT molecular complexity index is 488. The normalized spacial score (nSPS) is 10.2. The number of nitrogens with one attached hydrogen (secondary N) is 2. The molecule has 0 bridgehead atoms. The molecule has 2 rings (SSSR count). The second kappa shape index (κ2) is 5.30.